The molecule has 1 heterocycles. The zero-order chi connectivity index (χ0) is 16.8. The number of hydrogen-bond donors (Lipinski definition) is 2. The molecule has 0 aliphatic carbocycles. The number of carbonyl (C=O) groups is 2. The molecule has 128 valence electrons. The van der Waals surface area contributed by atoms with E-state index < -0.39 is 5.60 Å². The monoisotopic (exact) mass is 315 g/mol. The highest BCUT2D eigenvalue weighted by Gasteiger charge is 2.32. The van der Waals surface area contributed by atoms with Crippen LogP contribution >= 0.6 is 0 Å². The number of hydrazine groups is 1. The van der Waals surface area contributed by atoms with Gasteiger partial charge >= 0.3 is 6.09 Å². The van der Waals surface area contributed by atoms with E-state index >= 15 is 0 Å². The molecule has 2 amide bonds. The quantitative estimate of drug-likeness (QED) is 0.750. The van der Waals surface area contributed by atoms with Gasteiger partial charge in [0.25, 0.3) is 5.91 Å². The predicted molar refractivity (Wildman–Crippen MR) is 83.2 cm³/mol. The lowest BCUT2D eigenvalue weighted by Gasteiger charge is -2.38. The number of piperidine rings is 1. The smallest absolute Gasteiger partial charge is 0.410 e. The second-order valence-electron chi connectivity index (χ2n) is 6.56. The van der Waals surface area contributed by atoms with Crippen LogP contribution in [0.5, 0.6) is 0 Å². The highest BCUT2D eigenvalue weighted by Crippen LogP contribution is 2.22. The van der Waals surface area contributed by atoms with Gasteiger partial charge in [0.15, 0.2) is 0 Å². The van der Waals surface area contributed by atoms with Gasteiger partial charge in [-0.3, -0.25) is 10.2 Å². The van der Waals surface area contributed by atoms with E-state index in [1.54, 1.807) is 4.90 Å². The highest BCUT2D eigenvalue weighted by molar-refractivity contribution is 5.76. The molecule has 1 rings (SSSR count). The first-order valence-electron chi connectivity index (χ1n) is 7.86. The summed E-state index contributed by atoms with van der Waals surface area (Å²) < 4.78 is 11.0. The van der Waals surface area contributed by atoms with Crippen molar-refractivity contribution in [3.05, 3.63) is 0 Å². The zero-order valence-electron chi connectivity index (χ0n) is 14.3. The fourth-order valence-corrected chi connectivity index (χ4v) is 2.29. The normalized spacial score (nSPS) is 22.3. The number of nitrogens with zero attached hydrogens (tertiary/aromatic N) is 1. The molecule has 0 spiro atoms. The number of ether oxygens (including phenoxy) is 2. The van der Waals surface area contributed by atoms with Crippen molar-refractivity contribution in [1.29, 1.82) is 0 Å². The summed E-state index contributed by atoms with van der Waals surface area (Å²) in [5.74, 6) is -0.191. The summed E-state index contributed by atoms with van der Waals surface area (Å²) in [6.07, 6.45) is 1.11. The third-order valence-corrected chi connectivity index (χ3v) is 3.31. The van der Waals surface area contributed by atoms with Crippen LogP contribution in [0, 0.1) is 0 Å². The Labute approximate surface area is 132 Å². The van der Waals surface area contributed by atoms with Gasteiger partial charge in [-0.15, -0.1) is 0 Å². The first-order valence-corrected chi connectivity index (χ1v) is 7.86. The molecule has 1 saturated heterocycles. The van der Waals surface area contributed by atoms with Crippen LogP contribution in [0.1, 0.15) is 47.5 Å². The van der Waals surface area contributed by atoms with E-state index in [0.717, 1.165) is 0 Å². The molecule has 0 aromatic rings. The summed E-state index contributed by atoms with van der Waals surface area (Å²) in [5, 5.41) is 0. The maximum absolute atomic E-state index is 12.1. The van der Waals surface area contributed by atoms with Gasteiger partial charge in [-0.25, -0.2) is 10.2 Å². The average Bonchev–Trinajstić information content (AvgIpc) is 2.40. The Morgan fingerprint density at radius 1 is 1.32 bits per heavy atom. The lowest BCUT2D eigenvalue weighted by molar-refractivity contribution is -0.130. The minimum absolute atomic E-state index is 0.0129. The Morgan fingerprint density at radius 3 is 2.55 bits per heavy atom. The Morgan fingerprint density at radius 2 is 2.00 bits per heavy atom. The van der Waals surface area contributed by atoms with Crippen LogP contribution < -0.4 is 10.9 Å². The first-order chi connectivity index (χ1) is 10.2. The number of amides is 2. The van der Waals surface area contributed by atoms with Crippen molar-refractivity contribution in [1.82, 2.24) is 15.8 Å². The van der Waals surface area contributed by atoms with Crippen molar-refractivity contribution >= 4 is 12.0 Å². The number of nitrogens with one attached hydrogen (secondary N) is 2. The summed E-state index contributed by atoms with van der Waals surface area (Å²) in [6.45, 7) is 10.7. The fourth-order valence-electron chi connectivity index (χ4n) is 2.29. The van der Waals surface area contributed by atoms with Gasteiger partial charge in [0.1, 0.15) is 12.2 Å². The van der Waals surface area contributed by atoms with Gasteiger partial charge in [-0.05, 0) is 40.5 Å². The summed E-state index contributed by atoms with van der Waals surface area (Å²) in [5.41, 5.74) is 4.79. The summed E-state index contributed by atoms with van der Waals surface area (Å²) in [7, 11) is 0. The third-order valence-electron chi connectivity index (χ3n) is 3.31. The zero-order valence-corrected chi connectivity index (χ0v) is 14.3. The van der Waals surface area contributed by atoms with Gasteiger partial charge in [-0.2, -0.15) is 0 Å². The van der Waals surface area contributed by atoms with Gasteiger partial charge in [0, 0.05) is 19.1 Å². The lowest BCUT2D eigenvalue weighted by atomic mass is 10.0. The van der Waals surface area contributed by atoms with Crippen molar-refractivity contribution in [3.63, 3.8) is 0 Å². The van der Waals surface area contributed by atoms with Crippen LogP contribution in [0.3, 0.4) is 0 Å². The lowest BCUT2D eigenvalue weighted by Crippen LogP contribution is -2.49. The molecule has 2 atom stereocenters. The molecule has 7 nitrogen and oxygen atoms in total. The van der Waals surface area contributed by atoms with Crippen molar-refractivity contribution < 1.29 is 19.1 Å². The molecule has 22 heavy (non-hydrogen) atoms. The van der Waals surface area contributed by atoms with Gasteiger partial charge in [0.2, 0.25) is 0 Å². The molecule has 2 N–H and O–H groups in total. The number of likely N-dealkylation sites (tertiary alicyclic amines) is 1. The Kier molecular flexibility index (Phi) is 7.09. The minimum atomic E-state index is -0.492. The van der Waals surface area contributed by atoms with Crippen LogP contribution in [0.25, 0.3) is 0 Å². The van der Waals surface area contributed by atoms with Gasteiger partial charge in [0.05, 0.1) is 6.10 Å². The molecule has 0 aromatic carbocycles. The van der Waals surface area contributed by atoms with Gasteiger partial charge in [-0.1, -0.05) is 6.92 Å². The van der Waals surface area contributed by atoms with Crippen molar-refractivity contribution in [3.8, 4) is 0 Å². The van der Waals surface area contributed by atoms with Crippen LogP contribution in [0.4, 0.5) is 4.79 Å². The minimum Gasteiger partial charge on any atom is -0.444 e. The summed E-state index contributed by atoms with van der Waals surface area (Å²) >= 11 is 0. The summed E-state index contributed by atoms with van der Waals surface area (Å²) in [6, 6.07) is 0.0328. The maximum atomic E-state index is 12.1. The maximum Gasteiger partial charge on any atom is 0.410 e. The number of hydrogen-bond acceptors (Lipinski definition) is 5. The molecular weight excluding hydrogens is 286 g/mol. The number of rotatable bonds is 5. The Bertz CT molecular complexity index is 381. The molecule has 0 radical (unpaired) electrons. The first kappa shape index (κ1) is 18.7. The highest BCUT2D eigenvalue weighted by atomic mass is 16.6. The number of carbonyl (C=O) groups excluding carboxylic acids is 2. The second kappa shape index (κ2) is 8.33. The van der Waals surface area contributed by atoms with Crippen LogP contribution in [-0.2, 0) is 14.3 Å². The Hall–Kier alpha value is -1.34. The van der Waals surface area contributed by atoms with Crippen molar-refractivity contribution in [2.45, 2.75) is 65.2 Å². The molecule has 0 saturated carbocycles. The fraction of sp³-hybridized carbons (Fsp3) is 0.867. The molecule has 0 unspecified atom stereocenters. The van der Waals surface area contributed by atoms with E-state index in [1.807, 2.05) is 34.6 Å². The largest absolute Gasteiger partial charge is 0.444 e. The average molecular weight is 315 g/mol. The van der Waals surface area contributed by atoms with E-state index in [4.69, 9.17) is 9.47 Å². The van der Waals surface area contributed by atoms with Crippen LogP contribution in [0.15, 0.2) is 0 Å². The van der Waals surface area contributed by atoms with Crippen molar-refractivity contribution in [2.24, 2.45) is 0 Å². The van der Waals surface area contributed by atoms with Gasteiger partial charge < -0.3 is 14.4 Å². The molecule has 1 aliphatic heterocycles. The van der Waals surface area contributed by atoms with E-state index in [1.165, 1.54) is 0 Å². The standard InChI is InChI=1S/C15H29N3O4/c1-6-16-17-13(19)10-21-12-7-8-18(11(2)9-12)14(20)22-15(3,4)5/h11-12,16H,6-10H2,1-5H3,(H,17,19)/t11-,12-/m0/s1. The SMILES string of the molecule is CCNNC(=O)CO[C@H]1CCN(C(=O)OC(C)(C)C)[C@@H](C)C1. The molecule has 0 aromatic heterocycles. The van der Waals surface area contributed by atoms with Crippen LogP contribution in [0.2, 0.25) is 0 Å². The van der Waals surface area contributed by atoms with Crippen molar-refractivity contribution in [2.75, 3.05) is 19.7 Å². The molecule has 0 bridgehead atoms. The van der Waals surface area contributed by atoms with Crippen LogP contribution in [-0.4, -0.2) is 54.3 Å². The molecule has 1 aliphatic rings. The second-order valence-corrected chi connectivity index (χ2v) is 6.56. The molecule has 1 fully saturated rings. The Balaban J connectivity index is 2.36. The third kappa shape index (κ3) is 6.62. The van der Waals surface area contributed by atoms with E-state index in [-0.39, 0.29) is 30.8 Å². The van der Waals surface area contributed by atoms with E-state index in [9.17, 15) is 9.59 Å². The molecular formula is C15H29N3O4. The van der Waals surface area contributed by atoms with E-state index in [0.29, 0.717) is 25.9 Å². The topological polar surface area (TPSA) is 79.9 Å². The predicted octanol–water partition coefficient (Wildman–Crippen LogP) is 1.43. The molecule has 7 heteroatoms. The van der Waals surface area contributed by atoms with E-state index in [2.05, 4.69) is 10.9 Å². The summed E-state index contributed by atoms with van der Waals surface area (Å²) in [4.78, 5) is 25.3.